The van der Waals surface area contributed by atoms with Crippen molar-refractivity contribution in [3.8, 4) is 0 Å². The first-order valence-electron chi connectivity index (χ1n) is 7.39. The molecule has 2 N–H and O–H groups in total. The third-order valence-corrected chi connectivity index (χ3v) is 5.82. The van der Waals surface area contributed by atoms with E-state index in [9.17, 15) is 13.2 Å². The minimum atomic E-state index is -3.55. The molecule has 0 bridgehead atoms. The van der Waals surface area contributed by atoms with Gasteiger partial charge in [0.25, 0.3) is 0 Å². The Morgan fingerprint density at radius 2 is 2.00 bits per heavy atom. The van der Waals surface area contributed by atoms with E-state index in [0.717, 1.165) is 0 Å². The summed E-state index contributed by atoms with van der Waals surface area (Å²) < 4.78 is 31.6. The van der Waals surface area contributed by atoms with Gasteiger partial charge in [0, 0.05) is 19.1 Å². The molecule has 1 saturated heterocycles. The van der Waals surface area contributed by atoms with Gasteiger partial charge in [0.05, 0.1) is 17.1 Å². The van der Waals surface area contributed by atoms with Gasteiger partial charge in [0.1, 0.15) is 0 Å². The number of sulfonamides is 1. The summed E-state index contributed by atoms with van der Waals surface area (Å²) in [5.74, 6) is -0.327. The highest BCUT2D eigenvalue weighted by Crippen LogP contribution is 2.23. The van der Waals surface area contributed by atoms with Crippen LogP contribution in [0.1, 0.15) is 30.6 Å². The van der Waals surface area contributed by atoms with Crippen LogP contribution in [-0.4, -0.2) is 44.4 Å². The molecule has 0 aliphatic carbocycles. The first kappa shape index (κ1) is 16.9. The van der Waals surface area contributed by atoms with Crippen LogP contribution < -0.4 is 5.73 Å². The van der Waals surface area contributed by atoms with Crippen LogP contribution in [0.25, 0.3) is 0 Å². The molecule has 1 fully saturated rings. The van der Waals surface area contributed by atoms with Crippen LogP contribution >= 0.6 is 0 Å². The Hall–Kier alpha value is -1.44. The maximum Gasteiger partial charge on any atom is 0.338 e. The molecule has 0 aromatic heterocycles. The summed E-state index contributed by atoms with van der Waals surface area (Å²) >= 11 is 0. The molecule has 1 aliphatic rings. The fourth-order valence-electron chi connectivity index (χ4n) is 2.47. The second kappa shape index (κ2) is 6.76. The van der Waals surface area contributed by atoms with E-state index in [1.165, 1.54) is 28.6 Å². The van der Waals surface area contributed by atoms with Crippen LogP contribution in [0.3, 0.4) is 0 Å². The minimum Gasteiger partial charge on any atom is -0.462 e. The van der Waals surface area contributed by atoms with Crippen molar-refractivity contribution >= 4 is 16.0 Å². The number of hydrogen-bond acceptors (Lipinski definition) is 5. The fourth-order valence-corrected chi connectivity index (χ4v) is 4.03. The van der Waals surface area contributed by atoms with E-state index in [4.69, 9.17) is 10.5 Å². The molecular formula is C15H22N2O4S. The highest BCUT2D eigenvalue weighted by Gasteiger charge is 2.32. The molecule has 7 heteroatoms. The standard InChI is InChI=1S/C15H22N2O4S/c1-3-21-15(18)12-4-6-13(7-5-12)22(19,20)17-9-8-14(16)11(2)10-17/h4-7,11,14H,3,8-10,16H2,1-2H3. The number of esters is 1. The van der Waals surface area contributed by atoms with Gasteiger partial charge in [-0.25, -0.2) is 13.2 Å². The van der Waals surface area contributed by atoms with E-state index in [2.05, 4.69) is 0 Å². The lowest BCUT2D eigenvalue weighted by Crippen LogP contribution is -2.48. The summed E-state index contributed by atoms with van der Waals surface area (Å²) in [4.78, 5) is 11.8. The first-order valence-corrected chi connectivity index (χ1v) is 8.83. The van der Waals surface area contributed by atoms with Crippen LogP contribution in [0.4, 0.5) is 0 Å². The van der Waals surface area contributed by atoms with E-state index >= 15 is 0 Å². The van der Waals surface area contributed by atoms with Crippen LogP contribution in [0, 0.1) is 5.92 Å². The molecule has 122 valence electrons. The van der Waals surface area contributed by atoms with Gasteiger partial charge in [-0.15, -0.1) is 0 Å². The van der Waals surface area contributed by atoms with Gasteiger partial charge in [-0.05, 0) is 43.5 Å². The Morgan fingerprint density at radius 3 is 2.55 bits per heavy atom. The van der Waals surface area contributed by atoms with E-state index in [0.29, 0.717) is 25.1 Å². The summed E-state index contributed by atoms with van der Waals surface area (Å²) in [5.41, 5.74) is 6.27. The highest BCUT2D eigenvalue weighted by molar-refractivity contribution is 7.89. The normalized spacial score (nSPS) is 23.2. The van der Waals surface area contributed by atoms with Gasteiger partial charge in [-0.1, -0.05) is 6.92 Å². The summed E-state index contributed by atoms with van der Waals surface area (Å²) in [5, 5.41) is 0. The summed E-state index contributed by atoms with van der Waals surface area (Å²) in [6.45, 7) is 4.80. The van der Waals surface area contributed by atoms with Crippen molar-refractivity contribution in [1.82, 2.24) is 4.31 Å². The third kappa shape index (κ3) is 3.48. The van der Waals surface area contributed by atoms with Crippen molar-refractivity contribution in [2.45, 2.75) is 31.2 Å². The van der Waals surface area contributed by atoms with Crippen LogP contribution in [0.2, 0.25) is 0 Å². The molecule has 2 rings (SSSR count). The Balaban J connectivity index is 2.18. The zero-order chi connectivity index (χ0) is 16.3. The molecule has 0 spiro atoms. The summed E-state index contributed by atoms with van der Waals surface area (Å²) in [6, 6.07) is 5.88. The second-order valence-corrected chi connectivity index (χ2v) is 7.48. The average Bonchev–Trinajstić information content (AvgIpc) is 2.50. The maximum atomic E-state index is 12.6. The molecule has 0 saturated carbocycles. The monoisotopic (exact) mass is 326 g/mol. The van der Waals surface area contributed by atoms with Crippen LogP contribution in [0.5, 0.6) is 0 Å². The first-order chi connectivity index (χ1) is 10.4. The number of carbonyl (C=O) groups is 1. The SMILES string of the molecule is CCOC(=O)c1ccc(S(=O)(=O)N2CCC(N)C(C)C2)cc1. The van der Waals surface area contributed by atoms with E-state index in [1.54, 1.807) is 6.92 Å². The van der Waals surface area contributed by atoms with Gasteiger partial charge in [0.15, 0.2) is 0 Å². The van der Waals surface area contributed by atoms with Gasteiger partial charge >= 0.3 is 5.97 Å². The van der Waals surface area contributed by atoms with Crippen molar-refractivity contribution in [3.05, 3.63) is 29.8 Å². The number of nitrogens with two attached hydrogens (primary N) is 1. The zero-order valence-corrected chi connectivity index (χ0v) is 13.7. The Morgan fingerprint density at radius 1 is 1.36 bits per heavy atom. The Bertz CT molecular complexity index is 627. The predicted molar refractivity (Wildman–Crippen MR) is 82.9 cm³/mol. The van der Waals surface area contributed by atoms with Crippen LogP contribution in [0.15, 0.2) is 29.2 Å². The molecule has 6 nitrogen and oxygen atoms in total. The molecule has 1 aromatic rings. The maximum absolute atomic E-state index is 12.6. The summed E-state index contributed by atoms with van der Waals surface area (Å²) in [7, 11) is -3.55. The van der Waals surface area contributed by atoms with Crippen LogP contribution in [-0.2, 0) is 14.8 Å². The lowest BCUT2D eigenvalue weighted by atomic mass is 9.96. The number of carbonyl (C=O) groups excluding carboxylic acids is 1. The lowest BCUT2D eigenvalue weighted by Gasteiger charge is -2.34. The Kier molecular flexibility index (Phi) is 5.20. The topological polar surface area (TPSA) is 89.7 Å². The van der Waals surface area contributed by atoms with Crippen molar-refractivity contribution < 1.29 is 17.9 Å². The molecular weight excluding hydrogens is 304 g/mol. The molecule has 1 heterocycles. The molecule has 22 heavy (non-hydrogen) atoms. The molecule has 2 atom stereocenters. The van der Waals surface area contributed by atoms with Gasteiger partial charge in [-0.3, -0.25) is 0 Å². The fraction of sp³-hybridized carbons (Fsp3) is 0.533. The molecule has 1 aliphatic heterocycles. The highest BCUT2D eigenvalue weighted by atomic mass is 32.2. The van der Waals surface area contributed by atoms with Crippen molar-refractivity contribution in [3.63, 3.8) is 0 Å². The smallest absolute Gasteiger partial charge is 0.338 e. The van der Waals surface area contributed by atoms with E-state index in [1.807, 2.05) is 6.92 Å². The average molecular weight is 326 g/mol. The molecule has 1 aromatic carbocycles. The van der Waals surface area contributed by atoms with Gasteiger partial charge < -0.3 is 10.5 Å². The largest absolute Gasteiger partial charge is 0.462 e. The van der Waals surface area contributed by atoms with Crippen molar-refractivity contribution in [2.24, 2.45) is 11.7 Å². The molecule has 2 unspecified atom stereocenters. The number of piperidine rings is 1. The lowest BCUT2D eigenvalue weighted by molar-refractivity contribution is 0.0526. The molecule has 0 radical (unpaired) electrons. The predicted octanol–water partition coefficient (Wildman–Crippen LogP) is 1.22. The number of hydrogen-bond donors (Lipinski definition) is 1. The number of benzene rings is 1. The summed E-state index contributed by atoms with van der Waals surface area (Å²) in [6.07, 6.45) is 0.654. The number of rotatable bonds is 4. The van der Waals surface area contributed by atoms with Gasteiger partial charge in [0.2, 0.25) is 10.0 Å². The Labute approximate surface area is 131 Å². The van der Waals surface area contributed by atoms with E-state index < -0.39 is 16.0 Å². The quantitative estimate of drug-likeness (QED) is 0.840. The zero-order valence-electron chi connectivity index (χ0n) is 12.9. The second-order valence-electron chi connectivity index (χ2n) is 5.54. The number of ether oxygens (including phenoxy) is 1. The van der Waals surface area contributed by atoms with Crippen molar-refractivity contribution in [2.75, 3.05) is 19.7 Å². The number of nitrogens with zero attached hydrogens (tertiary/aromatic N) is 1. The van der Waals surface area contributed by atoms with Gasteiger partial charge in [-0.2, -0.15) is 4.31 Å². The third-order valence-electron chi connectivity index (χ3n) is 3.94. The molecule has 0 amide bonds. The van der Waals surface area contributed by atoms with E-state index in [-0.39, 0.29) is 23.5 Å². The van der Waals surface area contributed by atoms with Crippen molar-refractivity contribution in [1.29, 1.82) is 0 Å². The minimum absolute atomic E-state index is 0.0395.